The van der Waals surface area contributed by atoms with E-state index < -0.39 is 0 Å². The maximum atomic E-state index is 4.79. The van der Waals surface area contributed by atoms with Crippen LogP contribution < -0.4 is 0 Å². The van der Waals surface area contributed by atoms with E-state index in [1.54, 1.807) is 6.20 Å². The van der Waals surface area contributed by atoms with Crippen LogP contribution in [0.1, 0.15) is 33.6 Å². The number of hydrogen-bond donors (Lipinski definition) is 0. The van der Waals surface area contributed by atoms with Crippen molar-refractivity contribution in [2.45, 2.75) is 26.8 Å². The minimum absolute atomic E-state index is 0.709. The second-order valence-corrected chi connectivity index (χ2v) is 7.13. The van der Waals surface area contributed by atoms with Crippen LogP contribution in [0.4, 0.5) is 0 Å². The van der Waals surface area contributed by atoms with Gasteiger partial charge in [0.1, 0.15) is 5.69 Å². The van der Waals surface area contributed by atoms with Crippen LogP contribution in [0.2, 0.25) is 0 Å². The smallest absolute Gasteiger partial charge is 0.181 e. The van der Waals surface area contributed by atoms with E-state index in [0.717, 1.165) is 34.8 Å². The molecule has 0 N–H and O–H groups in total. The topological polar surface area (TPSA) is 55.4 Å². The number of hydrogen-bond acceptors (Lipinski definition) is 4. The Balaban J connectivity index is 1.56. The summed E-state index contributed by atoms with van der Waals surface area (Å²) in [6.45, 7) is 5.00. The molecule has 5 nitrogen and oxygen atoms in total. The van der Waals surface area contributed by atoms with Gasteiger partial charge in [-0.1, -0.05) is 41.5 Å². The number of aliphatic imine (C=N–C) groups is 1. The minimum Gasteiger partial charge on any atom is -0.288 e. The Morgan fingerprint density at radius 1 is 1.04 bits per heavy atom. The van der Waals surface area contributed by atoms with Crippen molar-refractivity contribution in [1.82, 2.24) is 19.6 Å². The molecular formula is C22H19N5. The van der Waals surface area contributed by atoms with Gasteiger partial charge in [-0.05, 0) is 36.6 Å². The first-order valence-corrected chi connectivity index (χ1v) is 9.06. The molecule has 1 aliphatic rings. The van der Waals surface area contributed by atoms with Gasteiger partial charge in [-0.2, -0.15) is 5.10 Å². The highest BCUT2D eigenvalue weighted by atomic mass is 15.3. The molecule has 3 heterocycles. The molecule has 0 saturated heterocycles. The first kappa shape index (κ1) is 15.9. The third kappa shape index (κ3) is 2.91. The van der Waals surface area contributed by atoms with Crippen molar-refractivity contribution in [2.24, 2.45) is 4.99 Å². The number of aromatic nitrogens is 4. The first-order valence-electron chi connectivity index (χ1n) is 9.06. The Morgan fingerprint density at radius 2 is 1.89 bits per heavy atom. The van der Waals surface area contributed by atoms with Crippen LogP contribution in [0.5, 0.6) is 0 Å². The highest BCUT2D eigenvalue weighted by Crippen LogP contribution is 2.25. The van der Waals surface area contributed by atoms with E-state index in [1.807, 2.05) is 16.9 Å². The Bertz CT molecular complexity index is 1180. The number of rotatable bonds is 3. The molecule has 0 spiro atoms. The molecule has 132 valence electrons. The molecule has 2 aromatic heterocycles. The van der Waals surface area contributed by atoms with Gasteiger partial charge in [0.15, 0.2) is 11.5 Å². The van der Waals surface area contributed by atoms with E-state index in [1.165, 1.54) is 22.3 Å². The van der Waals surface area contributed by atoms with E-state index in [9.17, 15) is 0 Å². The van der Waals surface area contributed by atoms with E-state index >= 15 is 0 Å². The molecular weight excluding hydrogens is 334 g/mol. The lowest BCUT2D eigenvalue weighted by Crippen LogP contribution is -1.94. The largest absolute Gasteiger partial charge is 0.288 e. The SMILES string of the molecule is Cc1cc(C)cc(Cc2nc3c(-c4ccc5c(c4)C=NC5)nccn3n2)c1. The fourth-order valence-electron chi connectivity index (χ4n) is 3.74. The minimum atomic E-state index is 0.709. The monoisotopic (exact) mass is 353 g/mol. The standard InChI is InChI=1S/C22H19N5/c1-14-7-15(2)9-16(8-14)10-20-25-22-21(24-5-6-27(22)26-20)17-3-4-18-12-23-13-19(18)11-17/h3-9,11,13H,10,12H2,1-2H3. The Morgan fingerprint density at radius 3 is 2.74 bits per heavy atom. The molecule has 0 aliphatic carbocycles. The van der Waals surface area contributed by atoms with Crippen molar-refractivity contribution in [3.05, 3.63) is 82.4 Å². The Hall–Kier alpha value is -3.34. The predicted octanol–water partition coefficient (Wildman–Crippen LogP) is 3.93. The third-order valence-electron chi connectivity index (χ3n) is 4.85. The lowest BCUT2D eigenvalue weighted by atomic mass is 10.0. The molecule has 0 bridgehead atoms. The summed E-state index contributed by atoms with van der Waals surface area (Å²) in [4.78, 5) is 13.7. The van der Waals surface area contributed by atoms with Gasteiger partial charge >= 0.3 is 0 Å². The zero-order valence-corrected chi connectivity index (χ0v) is 15.3. The second-order valence-electron chi connectivity index (χ2n) is 7.13. The van der Waals surface area contributed by atoms with E-state index in [4.69, 9.17) is 4.98 Å². The van der Waals surface area contributed by atoms with Gasteiger partial charge in [0.2, 0.25) is 0 Å². The molecule has 0 saturated carbocycles. The maximum Gasteiger partial charge on any atom is 0.181 e. The lowest BCUT2D eigenvalue weighted by molar-refractivity contribution is 0.893. The number of fused-ring (bicyclic) bond motifs is 2. The van der Waals surface area contributed by atoms with E-state index in [-0.39, 0.29) is 0 Å². The van der Waals surface area contributed by atoms with Crippen LogP contribution in [0, 0.1) is 13.8 Å². The zero-order chi connectivity index (χ0) is 18.4. The average molecular weight is 353 g/mol. The fraction of sp³-hybridized carbons (Fsp3) is 0.182. The molecule has 0 unspecified atom stereocenters. The van der Waals surface area contributed by atoms with Crippen molar-refractivity contribution < 1.29 is 0 Å². The molecule has 0 amide bonds. The molecule has 0 radical (unpaired) electrons. The van der Waals surface area contributed by atoms with E-state index in [0.29, 0.717) is 6.42 Å². The molecule has 0 fully saturated rings. The summed E-state index contributed by atoms with van der Waals surface area (Å²) in [5.74, 6) is 0.803. The maximum absolute atomic E-state index is 4.79. The van der Waals surface area contributed by atoms with Crippen LogP contribution in [0.15, 0.2) is 53.8 Å². The second kappa shape index (κ2) is 6.13. The summed E-state index contributed by atoms with van der Waals surface area (Å²) in [7, 11) is 0. The number of benzene rings is 2. The van der Waals surface area contributed by atoms with Crippen molar-refractivity contribution >= 4 is 11.9 Å². The highest BCUT2D eigenvalue weighted by Gasteiger charge is 2.14. The lowest BCUT2D eigenvalue weighted by Gasteiger charge is -2.04. The zero-order valence-electron chi connectivity index (χ0n) is 15.3. The van der Waals surface area contributed by atoms with Crippen molar-refractivity contribution in [2.75, 3.05) is 0 Å². The van der Waals surface area contributed by atoms with Gasteiger partial charge in [0, 0.05) is 30.6 Å². The summed E-state index contributed by atoms with van der Waals surface area (Å²) in [6.07, 6.45) is 6.26. The van der Waals surface area contributed by atoms with Crippen LogP contribution in [0.25, 0.3) is 16.9 Å². The molecule has 5 heteroatoms. The van der Waals surface area contributed by atoms with Gasteiger partial charge in [0.05, 0.1) is 6.54 Å². The van der Waals surface area contributed by atoms with Gasteiger partial charge in [-0.3, -0.25) is 9.98 Å². The molecule has 0 atom stereocenters. The van der Waals surface area contributed by atoms with Gasteiger partial charge < -0.3 is 0 Å². The normalized spacial score (nSPS) is 12.7. The van der Waals surface area contributed by atoms with Crippen molar-refractivity contribution in [3.63, 3.8) is 0 Å². The third-order valence-corrected chi connectivity index (χ3v) is 4.85. The molecule has 27 heavy (non-hydrogen) atoms. The molecule has 1 aliphatic heterocycles. The Kier molecular flexibility index (Phi) is 3.60. The van der Waals surface area contributed by atoms with Crippen LogP contribution in [-0.2, 0) is 13.0 Å². The summed E-state index contributed by atoms with van der Waals surface area (Å²) in [5, 5.41) is 4.67. The summed E-state index contributed by atoms with van der Waals surface area (Å²) < 4.78 is 1.82. The van der Waals surface area contributed by atoms with Gasteiger partial charge in [-0.25, -0.2) is 9.50 Å². The van der Waals surface area contributed by atoms with Gasteiger partial charge in [0.25, 0.3) is 0 Å². The van der Waals surface area contributed by atoms with Crippen LogP contribution in [-0.4, -0.2) is 25.8 Å². The predicted molar refractivity (Wildman–Crippen MR) is 106 cm³/mol. The fourth-order valence-corrected chi connectivity index (χ4v) is 3.74. The average Bonchev–Trinajstić information content (AvgIpc) is 3.25. The van der Waals surface area contributed by atoms with Crippen molar-refractivity contribution in [1.29, 1.82) is 0 Å². The van der Waals surface area contributed by atoms with Crippen molar-refractivity contribution in [3.8, 4) is 11.3 Å². The number of nitrogens with zero attached hydrogens (tertiary/aromatic N) is 5. The molecule has 2 aromatic carbocycles. The van der Waals surface area contributed by atoms with Crippen LogP contribution >= 0.6 is 0 Å². The summed E-state index contributed by atoms with van der Waals surface area (Å²) in [5.41, 5.74) is 8.83. The summed E-state index contributed by atoms with van der Waals surface area (Å²) >= 11 is 0. The quantitative estimate of drug-likeness (QED) is 0.561. The Labute approximate surface area is 157 Å². The van der Waals surface area contributed by atoms with Crippen LogP contribution in [0.3, 0.4) is 0 Å². The van der Waals surface area contributed by atoms with Gasteiger partial charge in [-0.15, -0.1) is 0 Å². The first-order chi connectivity index (χ1) is 13.2. The molecule has 4 aromatic rings. The molecule has 5 rings (SSSR count). The summed E-state index contributed by atoms with van der Waals surface area (Å²) in [6, 6.07) is 12.9. The van der Waals surface area contributed by atoms with E-state index in [2.05, 4.69) is 65.3 Å². The highest BCUT2D eigenvalue weighted by molar-refractivity contribution is 5.87. The number of aryl methyl sites for hydroxylation is 2.